The van der Waals surface area contributed by atoms with Gasteiger partial charge in [-0.2, -0.15) is 0 Å². The molecule has 0 aliphatic rings. The molecule has 0 bridgehead atoms. The molecule has 0 aliphatic heterocycles. The van der Waals surface area contributed by atoms with E-state index in [-0.39, 0.29) is 22.7 Å². The minimum atomic E-state index is -0.302. The van der Waals surface area contributed by atoms with E-state index in [1.807, 2.05) is 25.1 Å². The maximum absolute atomic E-state index is 13.0. The summed E-state index contributed by atoms with van der Waals surface area (Å²) < 4.78 is 14.7. The van der Waals surface area contributed by atoms with Crippen LogP contribution in [0.1, 0.15) is 36.5 Å². The molecule has 1 heterocycles. The highest BCUT2D eigenvalue weighted by Gasteiger charge is 2.16. The zero-order valence-electron chi connectivity index (χ0n) is 15.6. The molecule has 0 saturated carbocycles. The van der Waals surface area contributed by atoms with Crippen molar-refractivity contribution in [2.45, 2.75) is 39.8 Å². The van der Waals surface area contributed by atoms with Gasteiger partial charge in [0.25, 0.3) is 5.56 Å². The highest BCUT2D eigenvalue weighted by atomic mass is 19.1. The number of aliphatic imine (C=N–C) groups is 1. The number of hydrogen-bond acceptors (Lipinski definition) is 3. The molecule has 0 amide bonds. The fourth-order valence-electron chi connectivity index (χ4n) is 3.18. The molecule has 27 heavy (non-hydrogen) atoms. The van der Waals surface area contributed by atoms with Crippen LogP contribution < -0.4 is 5.56 Å². The number of hydrogen-bond donors (Lipinski definition) is 1. The van der Waals surface area contributed by atoms with E-state index < -0.39 is 0 Å². The van der Waals surface area contributed by atoms with Crippen LogP contribution >= 0.6 is 0 Å². The molecule has 1 aromatic heterocycles. The molecular formula is C22H23FN2O2. The van der Waals surface area contributed by atoms with Crippen molar-refractivity contribution in [3.63, 3.8) is 0 Å². The second-order valence-electron chi connectivity index (χ2n) is 6.64. The molecule has 0 fully saturated rings. The Bertz CT molecular complexity index is 1040. The van der Waals surface area contributed by atoms with Gasteiger partial charge in [-0.05, 0) is 42.7 Å². The summed E-state index contributed by atoms with van der Waals surface area (Å²) in [6.45, 7) is 4.91. The van der Waals surface area contributed by atoms with Crippen molar-refractivity contribution in [3.8, 4) is 5.75 Å². The molecule has 0 aliphatic carbocycles. The predicted molar refractivity (Wildman–Crippen MR) is 107 cm³/mol. The molecule has 0 radical (unpaired) electrons. The number of aryl methyl sites for hydroxylation is 2. The molecule has 5 heteroatoms. The van der Waals surface area contributed by atoms with Gasteiger partial charge < -0.3 is 9.67 Å². The van der Waals surface area contributed by atoms with Crippen LogP contribution in [0.3, 0.4) is 0 Å². The quantitative estimate of drug-likeness (QED) is 0.650. The summed E-state index contributed by atoms with van der Waals surface area (Å²) in [6.07, 6.45) is 3.26. The molecule has 2 aromatic carbocycles. The lowest BCUT2D eigenvalue weighted by Crippen LogP contribution is -2.25. The molecule has 0 atom stereocenters. The van der Waals surface area contributed by atoms with Gasteiger partial charge in [0.05, 0.1) is 12.1 Å². The number of unbranched alkanes of at least 4 members (excludes halogenated alkanes) is 1. The van der Waals surface area contributed by atoms with Crippen LogP contribution in [0.25, 0.3) is 10.9 Å². The van der Waals surface area contributed by atoms with Gasteiger partial charge in [-0.25, -0.2) is 4.39 Å². The topological polar surface area (TPSA) is 54.6 Å². The third-order valence-corrected chi connectivity index (χ3v) is 4.64. The van der Waals surface area contributed by atoms with E-state index >= 15 is 0 Å². The Morgan fingerprint density at radius 3 is 2.63 bits per heavy atom. The van der Waals surface area contributed by atoms with E-state index in [4.69, 9.17) is 0 Å². The molecule has 0 unspecified atom stereocenters. The fraction of sp³-hybridized carbons (Fsp3) is 0.273. The summed E-state index contributed by atoms with van der Waals surface area (Å²) in [5.41, 5.74) is 2.49. The number of rotatable bonds is 6. The van der Waals surface area contributed by atoms with E-state index in [1.165, 1.54) is 18.3 Å². The highest BCUT2D eigenvalue weighted by molar-refractivity contribution is 5.96. The molecular weight excluding hydrogens is 343 g/mol. The summed E-state index contributed by atoms with van der Waals surface area (Å²) >= 11 is 0. The summed E-state index contributed by atoms with van der Waals surface area (Å²) in [5, 5.41) is 11.3. The number of halogens is 1. The van der Waals surface area contributed by atoms with E-state index in [1.54, 1.807) is 16.7 Å². The van der Waals surface area contributed by atoms with E-state index in [0.29, 0.717) is 18.5 Å². The van der Waals surface area contributed by atoms with Gasteiger partial charge in [-0.15, -0.1) is 0 Å². The van der Waals surface area contributed by atoms with Gasteiger partial charge in [0, 0.05) is 18.1 Å². The standard InChI is InChI=1S/C22H23FN2O2/c1-3-4-12-25-20-15(2)6-5-7-18(20)21(26)19(22(25)27)14-24-13-16-8-10-17(23)11-9-16/h5-11,14,26H,3-4,12-13H2,1-2H3. The predicted octanol–water partition coefficient (Wildman–Crippen LogP) is 4.57. The zero-order chi connectivity index (χ0) is 19.4. The molecule has 3 aromatic rings. The van der Waals surface area contributed by atoms with Gasteiger partial charge in [0.15, 0.2) is 0 Å². The second kappa shape index (κ2) is 8.16. The van der Waals surface area contributed by atoms with Gasteiger partial charge in [0.2, 0.25) is 0 Å². The van der Waals surface area contributed by atoms with Gasteiger partial charge >= 0.3 is 0 Å². The normalized spacial score (nSPS) is 11.5. The lowest BCUT2D eigenvalue weighted by molar-refractivity contribution is 0.477. The molecule has 1 N–H and O–H groups in total. The summed E-state index contributed by atoms with van der Waals surface area (Å²) in [7, 11) is 0. The average Bonchev–Trinajstić information content (AvgIpc) is 2.66. The van der Waals surface area contributed by atoms with Crippen LogP contribution in [-0.4, -0.2) is 15.9 Å². The average molecular weight is 366 g/mol. The number of benzene rings is 2. The number of aromatic hydroxyl groups is 1. The third kappa shape index (κ3) is 3.92. The summed E-state index contributed by atoms with van der Waals surface area (Å²) in [5.74, 6) is -0.349. The van der Waals surface area contributed by atoms with Crippen molar-refractivity contribution in [3.05, 3.63) is 75.3 Å². The first kappa shape index (κ1) is 18.8. The van der Waals surface area contributed by atoms with Crippen LogP contribution in [0.5, 0.6) is 5.75 Å². The molecule has 4 nitrogen and oxygen atoms in total. The summed E-state index contributed by atoms with van der Waals surface area (Å²) in [6, 6.07) is 11.7. The van der Waals surface area contributed by atoms with Gasteiger partial charge in [-0.3, -0.25) is 9.79 Å². The molecule has 0 spiro atoms. The van der Waals surface area contributed by atoms with Crippen molar-refractivity contribution >= 4 is 17.1 Å². The van der Waals surface area contributed by atoms with Crippen LogP contribution in [0.15, 0.2) is 52.3 Å². The van der Waals surface area contributed by atoms with Crippen molar-refractivity contribution < 1.29 is 9.50 Å². The first-order chi connectivity index (χ1) is 13.0. The number of fused-ring (bicyclic) bond motifs is 1. The number of aromatic nitrogens is 1. The molecule has 3 rings (SSSR count). The minimum absolute atomic E-state index is 0.0469. The van der Waals surface area contributed by atoms with Crippen molar-refractivity contribution in [2.24, 2.45) is 4.99 Å². The van der Waals surface area contributed by atoms with E-state index in [9.17, 15) is 14.3 Å². The Balaban J connectivity index is 2.05. The number of pyridine rings is 1. The van der Waals surface area contributed by atoms with Crippen LogP contribution in [0, 0.1) is 12.7 Å². The lowest BCUT2D eigenvalue weighted by atomic mass is 10.1. The third-order valence-electron chi connectivity index (χ3n) is 4.64. The molecule has 140 valence electrons. The van der Waals surface area contributed by atoms with E-state index in [0.717, 1.165) is 29.5 Å². The SMILES string of the molecule is CCCCn1c(=O)c(C=NCc2ccc(F)cc2)c(O)c2cccc(C)c21. The maximum atomic E-state index is 13.0. The van der Waals surface area contributed by atoms with E-state index in [2.05, 4.69) is 11.9 Å². The van der Waals surface area contributed by atoms with Crippen molar-refractivity contribution in [2.75, 3.05) is 0 Å². The van der Waals surface area contributed by atoms with Crippen molar-refractivity contribution in [1.82, 2.24) is 4.57 Å². The Morgan fingerprint density at radius 1 is 1.19 bits per heavy atom. The monoisotopic (exact) mass is 366 g/mol. The van der Waals surface area contributed by atoms with Gasteiger partial charge in [-0.1, -0.05) is 37.6 Å². The van der Waals surface area contributed by atoms with Gasteiger partial charge in [0.1, 0.15) is 17.1 Å². The van der Waals surface area contributed by atoms with Crippen molar-refractivity contribution in [1.29, 1.82) is 0 Å². The number of nitrogens with zero attached hydrogens (tertiary/aromatic N) is 2. The fourth-order valence-corrected chi connectivity index (χ4v) is 3.18. The second-order valence-corrected chi connectivity index (χ2v) is 6.64. The largest absolute Gasteiger partial charge is 0.506 e. The smallest absolute Gasteiger partial charge is 0.263 e. The van der Waals surface area contributed by atoms with Crippen LogP contribution in [0.2, 0.25) is 0 Å². The Labute approximate surface area is 157 Å². The lowest BCUT2D eigenvalue weighted by Gasteiger charge is -2.15. The Morgan fingerprint density at radius 2 is 1.93 bits per heavy atom. The first-order valence-corrected chi connectivity index (χ1v) is 9.12. The highest BCUT2D eigenvalue weighted by Crippen LogP contribution is 2.28. The summed E-state index contributed by atoms with van der Waals surface area (Å²) in [4.78, 5) is 17.3. The van der Waals surface area contributed by atoms with Crippen LogP contribution in [-0.2, 0) is 13.1 Å². The Kier molecular flexibility index (Phi) is 5.69. The number of para-hydroxylation sites is 1. The zero-order valence-corrected chi connectivity index (χ0v) is 15.6. The first-order valence-electron chi connectivity index (χ1n) is 9.12. The molecule has 0 saturated heterocycles. The van der Waals surface area contributed by atoms with Crippen LogP contribution in [0.4, 0.5) is 4.39 Å². The maximum Gasteiger partial charge on any atom is 0.263 e. The Hall–Kier alpha value is -2.95. The minimum Gasteiger partial charge on any atom is -0.506 e.